The molecule has 0 heterocycles. The summed E-state index contributed by atoms with van der Waals surface area (Å²) in [7, 11) is 1.64. The lowest BCUT2D eigenvalue weighted by Crippen LogP contribution is -2.31. The molecular formula is C14H20N2O4. The number of nitrogens with two attached hydrogens (primary N) is 1. The lowest BCUT2D eigenvalue weighted by Gasteiger charge is -2.15. The molecular weight excluding hydrogens is 260 g/mol. The highest BCUT2D eigenvalue weighted by atomic mass is 16.5. The fourth-order valence-electron chi connectivity index (χ4n) is 1.51. The molecule has 6 nitrogen and oxygen atoms in total. The molecule has 0 atom stereocenters. The van der Waals surface area contributed by atoms with Crippen LogP contribution in [0.1, 0.15) is 24.2 Å². The van der Waals surface area contributed by atoms with Crippen LogP contribution in [-0.4, -0.2) is 43.6 Å². The number of hydrogen-bond acceptors (Lipinski definition) is 5. The highest BCUT2D eigenvalue weighted by Crippen LogP contribution is 2.26. The van der Waals surface area contributed by atoms with E-state index in [9.17, 15) is 9.59 Å². The Bertz CT molecular complexity index is 488. The molecule has 0 aliphatic rings. The van der Waals surface area contributed by atoms with Crippen molar-refractivity contribution in [2.24, 2.45) is 0 Å². The molecule has 6 heteroatoms. The maximum absolute atomic E-state index is 12.0. The van der Waals surface area contributed by atoms with Gasteiger partial charge in [0.15, 0.2) is 12.4 Å². The number of rotatable bonds is 6. The van der Waals surface area contributed by atoms with Crippen molar-refractivity contribution in [3.8, 4) is 5.75 Å². The summed E-state index contributed by atoms with van der Waals surface area (Å²) in [5, 5.41) is 0. The number of hydrogen-bond donors (Lipinski definition) is 1. The largest absolute Gasteiger partial charge is 0.491 e. The number of benzene rings is 1. The highest BCUT2D eigenvalue weighted by Gasteiger charge is 2.18. The molecule has 0 aromatic heterocycles. The SMILES string of the molecule is CCOc1c(N)cccc1C(=O)OCC(=O)N(C)CC. The summed E-state index contributed by atoms with van der Waals surface area (Å²) in [6.45, 7) is 4.26. The minimum absolute atomic E-state index is 0.221. The molecule has 0 saturated heterocycles. The minimum Gasteiger partial charge on any atom is -0.491 e. The summed E-state index contributed by atoms with van der Waals surface area (Å²) >= 11 is 0. The van der Waals surface area contributed by atoms with Gasteiger partial charge in [-0.25, -0.2) is 4.79 Å². The Kier molecular flexibility index (Phi) is 5.83. The molecule has 1 amide bonds. The monoisotopic (exact) mass is 280 g/mol. The van der Waals surface area contributed by atoms with E-state index >= 15 is 0 Å². The molecule has 0 aliphatic carbocycles. The van der Waals surface area contributed by atoms with Crippen LogP contribution < -0.4 is 10.5 Å². The van der Waals surface area contributed by atoms with Crippen LogP contribution in [0.2, 0.25) is 0 Å². The van der Waals surface area contributed by atoms with Gasteiger partial charge in [0.2, 0.25) is 0 Å². The van der Waals surface area contributed by atoms with Gasteiger partial charge in [0.1, 0.15) is 5.56 Å². The summed E-state index contributed by atoms with van der Waals surface area (Å²) in [5.74, 6) is -0.599. The lowest BCUT2D eigenvalue weighted by molar-refractivity contribution is -0.133. The maximum atomic E-state index is 12.0. The number of esters is 1. The van der Waals surface area contributed by atoms with E-state index in [-0.39, 0.29) is 23.8 Å². The van der Waals surface area contributed by atoms with Gasteiger partial charge < -0.3 is 20.1 Å². The number of para-hydroxylation sites is 1. The first kappa shape index (κ1) is 15.8. The first-order valence-electron chi connectivity index (χ1n) is 6.43. The van der Waals surface area contributed by atoms with Crippen molar-refractivity contribution in [3.05, 3.63) is 23.8 Å². The molecule has 0 saturated carbocycles. The van der Waals surface area contributed by atoms with E-state index in [4.69, 9.17) is 15.2 Å². The summed E-state index contributed by atoms with van der Waals surface area (Å²) in [6.07, 6.45) is 0. The molecule has 1 rings (SSSR count). The van der Waals surface area contributed by atoms with E-state index in [1.165, 1.54) is 4.90 Å². The zero-order valence-electron chi connectivity index (χ0n) is 12.0. The fraction of sp³-hybridized carbons (Fsp3) is 0.429. The standard InChI is InChI=1S/C14H20N2O4/c1-4-16(3)12(17)9-20-14(18)10-7-6-8-11(15)13(10)19-5-2/h6-8H,4-5,9,15H2,1-3H3. The minimum atomic E-state index is -0.626. The Morgan fingerprint density at radius 3 is 2.60 bits per heavy atom. The Morgan fingerprint density at radius 1 is 1.30 bits per heavy atom. The number of anilines is 1. The molecule has 1 aromatic carbocycles. The molecule has 20 heavy (non-hydrogen) atoms. The van der Waals surface area contributed by atoms with Gasteiger partial charge in [-0.2, -0.15) is 0 Å². The average Bonchev–Trinajstić information content (AvgIpc) is 2.45. The predicted octanol–water partition coefficient (Wildman–Crippen LogP) is 1.30. The van der Waals surface area contributed by atoms with Crippen molar-refractivity contribution in [2.75, 3.05) is 32.5 Å². The van der Waals surface area contributed by atoms with Crippen LogP contribution in [0.3, 0.4) is 0 Å². The van der Waals surface area contributed by atoms with Crippen LogP contribution in [0.5, 0.6) is 5.75 Å². The van der Waals surface area contributed by atoms with Crippen LogP contribution in [0.25, 0.3) is 0 Å². The number of ether oxygens (including phenoxy) is 2. The van der Waals surface area contributed by atoms with E-state index in [1.54, 1.807) is 32.2 Å². The van der Waals surface area contributed by atoms with E-state index in [0.717, 1.165) is 0 Å². The van der Waals surface area contributed by atoms with Crippen molar-refractivity contribution in [2.45, 2.75) is 13.8 Å². The molecule has 0 aliphatic heterocycles. The molecule has 0 bridgehead atoms. The van der Waals surface area contributed by atoms with Gasteiger partial charge in [-0.05, 0) is 26.0 Å². The third-order valence-electron chi connectivity index (χ3n) is 2.78. The summed E-state index contributed by atoms with van der Waals surface area (Å²) < 4.78 is 10.3. The number of carbonyl (C=O) groups is 2. The van der Waals surface area contributed by atoms with Crippen LogP contribution in [0.4, 0.5) is 5.69 Å². The van der Waals surface area contributed by atoms with Gasteiger partial charge in [-0.15, -0.1) is 0 Å². The quantitative estimate of drug-likeness (QED) is 0.627. The topological polar surface area (TPSA) is 81.9 Å². The number of amides is 1. The van der Waals surface area contributed by atoms with Crippen LogP contribution in [-0.2, 0) is 9.53 Å². The molecule has 0 fully saturated rings. The van der Waals surface area contributed by atoms with Crippen molar-refractivity contribution in [3.63, 3.8) is 0 Å². The summed E-state index contributed by atoms with van der Waals surface area (Å²) in [6, 6.07) is 4.82. The van der Waals surface area contributed by atoms with Gasteiger partial charge in [0.25, 0.3) is 5.91 Å². The third kappa shape index (κ3) is 3.88. The smallest absolute Gasteiger partial charge is 0.342 e. The van der Waals surface area contributed by atoms with E-state index in [1.807, 2.05) is 6.92 Å². The zero-order valence-corrected chi connectivity index (χ0v) is 12.0. The Labute approximate surface area is 118 Å². The Balaban J connectivity index is 2.78. The fourth-order valence-corrected chi connectivity index (χ4v) is 1.51. The first-order valence-corrected chi connectivity index (χ1v) is 6.43. The van der Waals surface area contributed by atoms with Gasteiger partial charge in [-0.3, -0.25) is 4.79 Å². The van der Waals surface area contributed by atoms with Gasteiger partial charge in [0.05, 0.1) is 12.3 Å². The van der Waals surface area contributed by atoms with Crippen molar-refractivity contribution < 1.29 is 19.1 Å². The van der Waals surface area contributed by atoms with Crippen molar-refractivity contribution in [1.29, 1.82) is 0 Å². The number of nitrogen functional groups attached to an aromatic ring is 1. The average molecular weight is 280 g/mol. The van der Waals surface area contributed by atoms with E-state index < -0.39 is 5.97 Å². The van der Waals surface area contributed by atoms with E-state index in [0.29, 0.717) is 18.8 Å². The number of nitrogens with zero attached hydrogens (tertiary/aromatic N) is 1. The second-order valence-electron chi connectivity index (χ2n) is 4.14. The highest BCUT2D eigenvalue weighted by molar-refractivity contribution is 5.95. The molecule has 0 spiro atoms. The van der Waals surface area contributed by atoms with Crippen molar-refractivity contribution >= 4 is 17.6 Å². The molecule has 110 valence electrons. The normalized spacial score (nSPS) is 9.95. The van der Waals surface area contributed by atoms with Crippen LogP contribution >= 0.6 is 0 Å². The zero-order chi connectivity index (χ0) is 15.1. The number of carbonyl (C=O) groups excluding carboxylic acids is 2. The molecule has 2 N–H and O–H groups in total. The predicted molar refractivity (Wildman–Crippen MR) is 75.6 cm³/mol. The second-order valence-corrected chi connectivity index (χ2v) is 4.14. The van der Waals surface area contributed by atoms with E-state index in [2.05, 4.69) is 0 Å². The number of likely N-dealkylation sites (N-methyl/N-ethyl adjacent to an activating group) is 1. The molecule has 1 aromatic rings. The van der Waals surface area contributed by atoms with Crippen LogP contribution in [0, 0.1) is 0 Å². The lowest BCUT2D eigenvalue weighted by atomic mass is 10.2. The third-order valence-corrected chi connectivity index (χ3v) is 2.78. The second kappa shape index (κ2) is 7.37. The molecule has 0 radical (unpaired) electrons. The van der Waals surface area contributed by atoms with Gasteiger partial charge in [-0.1, -0.05) is 6.07 Å². The molecule has 0 unspecified atom stereocenters. The summed E-state index contributed by atoms with van der Waals surface area (Å²) in [4.78, 5) is 25.0. The first-order chi connectivity index (χ1) is 9.51. The Morgan fingerprint density at radius 2 is 2.00 bits per heavy atom. The van der Waals surface area contributed by atoms with Crippen LogP contribution in [0.15, 0.2) is 18.2 Å². The summed E-state index contributed by atoms with van der Waals surface area (Å²) in [5.41, 5.74) is 6.34. The Hall–Kier alpha value is -2.24. The maximum Gasteiger partial charge on any atom is 0.342 e. The van der Waals surface area contributed by atoms with Crippen molar-refractivity contribution in [1.82, 2.24) is 4.90 Å². The van der Waals surface area contributed by atoms with Gasteiger partial charge >= 0.3 is 5.97 Å². The van der Waals surface area contributed by atoms with Gasteiger partial charge in [0, 0.05) is 13.6 Å².